The lowest BCUT2D eigenvalue weighted by atomic mass is 10.1. The van der Waals surface area contributed by atoms with Crippen molar-refractivity contribution in [1.29, 1.82) is 0 Å². The number of ether oxygens (including phenoxy) is 2. The van der Waals surface area contributed by atoms with Crippen LogP contribution in [0.5, 0.6) is 5.75 Å². The van der Waals surface area contributed by atoms with Crippen LogP contribution >= 0.6 is 0 Å². The number of nitrogens with one attached hydrogen (secondary N) is 2. The molecule has 0 aromatic heterocycles. The first kappa shape index (κ1) is 22.0. The second-order valence-electron chi connectivity index (χ2n) is 7.47. The van der Waals surface area contributed by atoms with Gasteiger partial charge in [0.15, 0.2) is 5.96 Å². The zero-order valence-electron chi connectivity index (χ0n) is 17.7. The van der Waals surface area contributed by atoms with Crippen molar-refractivity contribution in [2.75, 3.05) is 33.9 Å². The second-order valence-corrected chi connectivity index (χ2v) is 7.47. The summed E-state index contributed by atoms with van der Waals surface area (Å²) < 4.78 is 11.6. The van der Waals surface area contributed by atoms with E-state index in [0.717, 1.165) is 36.3 Å². The molecule has 1 amide bonds. The zero-order chi connectivity index (χ0) is 20.5. The third-order valence-electron chi connectivity index (χ3n) is 4.71. The van der Waals surface area contributed by atoms with Gasteiger partial charge in [0.1, 0.15) is 11.9 Å². The van der Waals surface area contributed by atoms with Gasteiger partial charge >= 0.3 is 0 Å². The van der Waals surface area contributed by atoms with Gasteiger partial charge in [-0.05, 0) is 31.9 Å². The van der Waals surface area contributed by atoms with E-state index in [4.69, 9.17) is 14.5 Å². The van der Waals surface area contributed by atoms with Crippen LogP contribution in [0.4, 0.5) is 0 Å². The molecule has 0 radical (unpaired) electrons. The topological polar surface area (TPSA) is 75.2 Å². The molecule has 1 aromatic rings. The Labute approximate surface area is 168 Å². The van der Waals surface area contributed by atoms with Crippen molar-refractivity contribution in [2.24, 2.45) is 4.99 Å². The molecule has 28 heavy (non-hydrogen) atoms. The number of nitrogens with zero attached hydrogens (tertiary/aromatic N) is 2. The Balaban J connectivity index is 2.11. The summed E-state index contributed by atoms with van der Waals surface area (Å²) in [5.74, 6) is 1.48. The SMILES string of the molecule is CCC(C)NC(=NCc1ccc(C)cc1OC1CCOC1)NCC(=O)N(C)C. The smallest absolute Gasteiger partial charge is 0.241 e. The van der Waals surface area contributed by atoms with Crippen LogP contribution in [0, 0.1) is 6.92 Å². The molecule has 2 N–H and O–H groups in total. The lowest BCUT2D eigenvalue weighted by Gasteiger charge is -2.19. The molecule has 1 aliphatic rings. The summed E-state index contributed by atoms with van der Waals surface area (Å²) in [4.78, 5) is 18.2. The molecule has 1 saturated heterocycles. The average molecular weight is 391 g/mol. The first-order valence-corrected chi connectivity index (χ1v) is 9.98. The van der Waals surface area contributed by atoms with Crippen molar-refractivity contribution >= 4 is 11.9 Å². The third kappa shape index (κ3) is 7.03. The summed E-state index contributed by atoms with van der Waals surface area (Å²) in [5.41, 5.74) is 2.16. The van der Waals surface area contributed by atoms with E-state index in [0.29, 0.717) is 19.1 Å². The fourth-order valence-corrected chi connectivity index (χ4v) is 2.66. The summed E-state index contributed by atoms with van der Waals surface area (Å²) in [6, 6.07) is 6.42. The van der Waals surface area contributed by atoms with E-state index in [1.807, 2.05) is 6.07 Å². The number of benzene rings is 1. The van der Waals surface area contributed by atoms with E-state index < -0.39 is 0 Å². The number of aliphatic imine (C=N–C) groups is 1. The highest BCUT2D eigenvalue weighted by molar-refractivity contribution is 5.86. The van der Waals surface area contributed by atoms with Crippen LogP contribution in [0.2, 0.25) is 0 Å². The Morgan fingerprint density at radius 3 is 2.86 bits per heavy atom. The lowest BCUT2D eigenvalue weighted by Crippen LogP contribution is -2.45. The summed E-state index contributed by atoms with van der Waals surface area (Å²) >= 11 is 0. The molecule has 7 nitrogen and oxygen atoms in total. The van der Waals surface area contributed by atoms with Gasteiger partial charge in [-0.2, -0.15) is 0 Å². The summed E-state index contributed by atoms with van der Waals surface area (Å²) in [7, 11) is 3.48. The van der Waals surface area contributed by atoms with E-state index in [2.05, 4.69) is 43.5 Å². The maximum absolute atomic E-state index is 11.9. The molecule has 0 bridgehead atoms. The van der Waals surface area contributed by atoms with Crippen molar-refractivity contribution in [2.45, 2.75) is 52.3 Å². The molecule has 0 spiro atoms. The highest BCUT2D eigenvalue weighted by Gasteiger charge is 2.19. The molecule has 2 unspecified atom stereocenters. The summed E-state index contributed by atoms with van der Waals surface area (Å²) in [6.45, 7) is 8.29. The second kappa shape index (κ2) is 10.9. The van der Waals surface area contributed by atoms with Gasteiger partial charge in [0.25, 0.3) is 0 Å². The first-order valence-electron chi connectivity index (χ1n) is 9.98. The first-order chi connectivity index (χ1) is 13.4. The maximum atomic E-state index is 11.9. The van der Waals surface area contributed by atoms with Gasteiger partial charge in [-0.15, -0.1) is 0 Å². The number of hydrogen-bond acceptors (Lipinski definition) is 4. The zero-order valence-corrected chi connectivity index (χ0v) is 17.7. The molecular formula is C21H34N4O3. The minimum absolute atomic E-state index is 0.000701. The normalized spacial score (nSPS) is 17.9. The Kier molecular flexibility index (Phi) is 8.57. The number of rotatable bonds is 8. The molecule has 156 valence electrons. The molecule has 0 aliphatic carbocycles. The van der Waals surface area contributed by atoms with Gasteiger partial charge in [0.05, 0.1) is 26.3 Å². The quantitative estimate of drug-likeness (QED) is 0.525. The Hall–Kier alpha value is -2.28. The van der Waals surface area contributed by atoms with Crippen molar-refractivity contribution < 1.29 is 14.3 Å². The Morgan fingerprint density at radius 2 is 2.21 bits per heavy atom. The molecule has 1 heterocycles. The van der Waals surface area contributed by atoms with Crippen LogP contribution in [0.15, 0.2) is 23.2 Å². The van der Waals surface area contributed by atoms with E-state index in [1.165, 1.54) is 0 Å². The predicted octanol–water partition coefficient (Wildman–Crippen LogP) is 2.08. The van der Waals surface area contributed by atoms with E-state index in [1.54, 1.807) is 19.0 Å². The van der Waals surface area contributed by atoms with Crippen molar-refractivity contribution in [1.82, 2.24) is 15.5 Å². The van der Waals surface area contributed by atoms with Crippen LogP contribution in [0.1, 0.15) is 37.8 Å². The van der Waals surface area contributed by atoms with E-state index in [-0.39, 0.29) is 24.6 Å². The number of amides is 1. The maximum Gasteiger partial charge on any atom is 0.241 e. The minimum Gasteiger partial charge on any atom is -0.488 e. The van der Waals surface area contributed by atoms with Gasteiger partial charge in [-0.25, -0.2) is 4.99 Å². The average Bonchev–Trinajstić information content (AvgIpc) is 3.17. The number of likely N-dealkylation sites (N-methyl/N-ethyl adjacent to an activating group) is 1. The van der Waals surface area contributed by atoms with Crippen LogP contribution in [0.25, 0.3) is 0 Å². The van der Waals surface area contributed by atoms with Crippen LogP contribution in [-0.4, -0.2) is 62.8 Å². The fourth-order valence-electron chi connectivity index (χ4n) is 2.66. The summed E-state index contributed by atoms with van der Waals surface area (Å²) in [6.07, 6.45) is 1.97. The standard InChI is InChI=1S/C21H34N4O3/c1-6-16(3)24-21(23-13-20(26)25(4)5)22-12-17-8-7-15(2)11-19(17)28-18-9-10-27-14-18/h7-8,11,16,18H,6,9-10,12-14H2,1-5H3,(H2,22,23,24). The highest BCUT2D eigenvalue weighted by atomic mass is 16.5. The Morgan fingerprint density at radius 1 is 1.43 bits per heavy atom. The lowest BCUT2D eigenvalue weighted by molar-refractivity contribution is -0.127. The molecule has 1 fully saturated rings. The number of hydrogen-bond donors (Lipinski definition) is 2. The van der Waals surface area contributed by atoms with Crippen LogP contribution in [-0.2, 0) is 16.1 Å². The molecule has 1 aromatic carbocycles. The summed E-state index contributed by atoms with van der Waals surface area (Å²) in [5, 5.41) is 6.47. The van der Waals surface area contributed by atoms with Crippen LogP contribution < -0.4 is 15.4 Å². The number of guanidine groups is 1. The predicted molar refractivity (Wildman–Crippen MR) is 112 cm³/mol. The van der Waals surface area contributed by atoms with Crippen molar-refractivity contribution in [3.8, 4) is 5.75 Å². The molecule has 2 rings (SSSR count). The molecule has 1 aliphatic heterocycles. The minimum atomic E-state index is -0.000701. The molecule has 7 heteroatoms. The monoisotopic (exact) mass is 390 g/mol. The van der Waals surface area contributed by atoms with Gasteiger partial charge < -0.3 is 25.0 Å². The van der Waals surface area contributed by atoms with E-state index >= 15 is 0 Å². The molecular weight excluding hydrogens is 356 g/mol. The largest absolute Gasteiger partial charge is 0.488 e. The molecule has 0 saturated carbocycles. The van der Waals surface area contributed by atoms with E-state index in [9.17, 15) is 4.79 Å². The van der Waals surface area contributed by atoms with Gasteiger partial charge in [0, 0.05) is 32.1 Å². The van der Waals surface area contributed by atoms with Crippen molar-refractivity contribution in [3.05, 3.63) is 29.3 Å². The number of aryl methyl sites for hydroxylation is 1. The molecule has 2 atom stereocenters. The van der Waals surface area contributed by atoms with Crippen LogP contribution in [0.3, 0.4) is 0 Å². The number of carbonyl (C=O) groups is 1. The third-order valence-corrected chi connectivity index (χ3v) is 4.71. The van der Waals surface area contributed by atoms with Gasteiger partial charge in [-0.3, -0.25) is 4.79 Å². The van der Waals surface area contributed by atoms with Gasteiger partial charge in [0.2, 0.25) is 5.91 Å². The highest BCUT2D eigenvalue weighted by Crippen LogP contribution is 2.24. The Bertz CT molecular complexity index is 670. The number of carbonyl (C=O) groups excluding carboxylic acids is 1. The van der Waals surface area contributed by atoms with Crippen molar-refractivity contribution in [3.63, 3.8) is 0 Å². The van der Waals surface area contributed by atoms with Gasteiger partial charge in [-0.1, -0.05) is 19.1 Å². The fraction of sp³-hybridized carbons (Fsp3) is 0.619.